The maximum atomic E-state index is 13.5. The minimum absolute atomic E-state index is 0.172. The Morgan fingerprint density at radius 3 is 2.35 bits per heavy atom. The molecule has 0 saturated carbocycles. The zero-order valence-electron chi connectivity index (χ0n) is 38.4. The number of hydrogen-bond acceptors (Lipinski definition) is 14. The second kappa shape index (κ2) is 20.0. The number of piperazine rings is 1. The fourth-order valence-corrected chi connectivity index (χ4v) is 12.0. The molecule has 4 fully saturated rings. The Kier molecular flexibility index (Phi) is 13.9. The van der Waals surface area contributed by atoms with Gasteiger partial charge >= 0.3 is 0 Å². The van der Waals surface area contributed by atoms with Gasteiger partial charge in [0.05, 0.1) is 39.7 Å². The Bertz CT molecular complexity index is 2610. The third-order valence-corrected chi connectivity index (χ3v) is 16.1. The number of hydrogen-bond donors (Lipinski definition) is 3. The second-order valence-electron chi connectivity index (χ2n) is 18.5. The molecule has 2 aromatic heterocycles. The van der Waals surface area contributed by atoms with Crippen molar-refractivity contribution in [2.24, 2.45) is 5.92 Å². The average molecular weight is 979 g/mol. The lowest BCUT2D eigenvalue weighted by atomic mass is 9.90. The van der Waals surface area contributed by atoms with E-state index in [0.717, 1.165) is 95.2 Å². The van der Waals surface area contributed by atoms with Crippen molar-refractivity contribution >= 4 is 85.7 Å². The summed E-state index contributed by atoms with van der Waals surface area (Å²) in [6, 6.07) is 17.1. The molecular formula is C49H61BrN11O4P. The van der Waals surface area contributed by atoms with Gasteiger partial charge < -0.3 is 34.6 Å². The summed E-state index contributed by atoms with van der Waals surface area (Å²) in [4.78, 5) is 52.7. The smallest absolute Gasteiger partial charge is 0.234 e. The highest BCUT2D eigenvalue weighted by molar-refractivity contribution is 9.10. The van der Waals surface area contributed by atoms with E-state index in [2.05, 4.69) is 110 Å². The molecule has 15 nitrogen and oxygen atoms in total. The first-order valence-corrected chi connectivity index (χ1v) is 26.8. The van der Waals surface area contributed by atoms with E-state index in [0.29, 0.717) is 63.1 Å². The van der Waals surface area contributed by atoms with E-state index in [9.17, 15) is 14.2 Å². The third-order valence-electron chi connectivity index (χ3n) is 13.9. The Morgan fingerprint density at radius 1 is 0.864 bits per heavy atom. The summed E-state index contributed by atoms with van der Waals surface area (Å²) in [6.07, 6.45) is 11.5. The van der Waals surface area contributed by atoms with Crippen LogP contribution in [-0.2, 0) is 20.6 Å². The number of fused-ring (bicyclic) bond motifs is 1. The van der Waals surface area contributed by atoms with Crippen molar-refractivity contribution in [2.45, 2.75) is 63.8 Å². The van der Waals surface area contributed by atoms with Crippen LogP contribution in [0.15, 0.2) is 71.6 Å². The number of ether oxygens (including phenoxy) is 1. The van der Waals surface area contributed by atoms with Crippen molar-refractivity contribution in [3.63, 3.8) is 0 Å². The molecule has 1 unspecified atom stereocenters. The van der Waals surface area contributed by atoms with Crippen LogP contribution in [0.25, 0.3) is 11.0 Å². The number of anilines is 6. The van der Waals surface area contributed by atoms with Crippen LogP contribution in [-0.4, -0.2) is 127 Å². The van der Waals surface area contributed by atoms with Crippen LogP contribution >= 0.6 is 23.1 Å². The summed E-state index contributed by atoms with van der Waals surface area (Å²) in [5.41, 5.74) is 7.40. The molecule has 17 heteroatoms. The standard InChI is InChI=1S/C49H61BrN11O4P/c1-5-33-28-41(55-49-53-30-38(50)47(57-49)54-40-12-11-39-45(52-19-18-51-39)46(40)66(3,4)64)43(65-2)29-42(33)60-22-16-36(17-23-60)59-26-24-58(25-27-59)20-14-32-15-21-61(31-32)35-8-6-34(7-9-35)37-10-13-44(62)56-48(37)63/h6-9,11-12,18-19,28-30,32,36-37H,5,10,13-17,20-27,31H2,1-4H3,(H,56,62,63)(H2,53,54,55,57)/t32-,37?/m1/s1. The van der Waals surface area contributed by atoms with Crippen molar-refractivity contribution in [2.75, 3.05) is 99.8 Å². The fraction of sp³-hybridized carbons (Fsp3) is 0.469. The van der Waals surface area contributed by atoms with E-state index in [-0.39, 0.29) is 17.7 Å². The Morgan fingerprint density at radius 2 is 1.62 bits per heavy atom. The highest BCUT2D eigenvalue weighted by atomic mass is 79.9. The van der Waals surface area contributed by atoms with E-state index in [1.807, 2.05) is 12.1 Å². The Balaban J connectivity index is 0.759. The van der Waals surface area contributed by atoms with Gasteiger partial charge in [0.15, 0.2) is 0 Å². The molecule has 9 rings (SSSR count). The highest BCUT2D eigenvalue weighted by Crippen LogP contribution is 2.42. The van der Waals surface area contributed by atoms with Gasteiger partial charge in [-0.25, -0.2) is 4.98 Å². The van der Waals surface area contributed by atoms with Crippen LogP contribution in [0, 0.1) is 5.92 Å². The van der Waals surface area contributed by atoms with Gasteiger partial charge in [0, 0.05) is 101 Å². The van der Waals surface area contributed by atoms with Gasteiger partial charge in [0.25, 0.3) is 0 Å². The van der Waals surface area contributed by atoms with Crippen molar-refractivity contribution in [3.8, 4) is 5.75 Å². The molecule has 2 atom stereocenters. The number of nitrogens with one attached hydrogen (secondary N) is 3. The van der Waals surface area contributed by atoms with Crippen molar-refractivity contribution in [1.82, 2.24) is 35.1 Å². The number of aromatic nitrogens is 4. The molecule has 5 aromatic rings. The number of imide groups is 1. The SMILES string of the molecule is CCc1cc(Nc2ncc(Br)c(Nc3ccc4nccnc4c3P(C)(C)=O)n2)c(OC)cc1N1CCC(N2CCN(CC[C@@H]3CCN(c4ccc(C5CCC(=O)NC5=O)cc4)C3)CC2)CC1. The molecule has 3 aromatic carbocycles. The summed E-state index contributed by atoms with van der Waals surface area (Å²) >= 11 is 3.61. The molecule has 0 aliphatic carbocycles. The highest BCUT2D eigenvalue weighted by Gasteiger charge is 2.31. The largest absolute Gasteiger partial charge is 0.494 e. The van der Waals surface area contributed by atoms with Gasteiger partial charge in [-0.05, 0) is 122 Å². The van der Waals surface area contributed by atoms with Gasteiger partial charge in [0.1, 0.15) is 24.2 Å². The van der Waals surface area contributed by atoms with E-state index < -0.39 is 7.14 Å². The predicted molar refractivity (Wildman–Crippen MR) is 267 cm³/mol. The number of amides is 2. The molecule has 4 saturated heterocycles. The monoisotopic (exact) mass is 977 g/mol. The van der Waals surface area contributed by atoms with Crippen LogP contribution < -0.4 is 35.8 Å². The molecule has 0 radical (unpaired) electrons. The number of aryl methyl sites for hydroxylation is 1. The number of benzene rings is 3. The first-order chi connectivity index (χ1) is 31.9. The maximum Gasteiger partial charge on any atom is 0.234 e. The first-order valence-electron chi connectivity index (χ1n) is 23.4. The minimum atomic E-state index is -2.77. The zero-order chi connectivity index (χ0) is 46.0. The van der Waals surface area contributed by atoms with Crippen molar-refractivity contribution < 1.29 is 18.9 Å². The number of carbonyl (C=O) groups is 2. The number of carbonyl (C=O) groups excluding carboxylic acids is 2. The summed E-state index contributed by atoms with van der Waals surface area (Å²) < 4.78 is 20.2. The van der Waals surface area contributed by atoms with E-state index >= 15 is 0 Å². The van der Waals surface area contributed by atoms with Gasteiger partial charge in [-0.2, -0.15) is 4.98 Å². The van der Waals surface area contributed by atoms with E-state index in [1.165, 1.54) is 29.8 Å². The number of nitrogens with zero attached hydrogens (tertiary/aromatic N) is 8. The van der Waals surface area contributed by atoms with Crippen molar-refractivity contribution in [1.29, 1.82) is 0 Å². The summed E-state index contributed by atoms with van der Waals surface area (Å²) in [7, 11) is -1.07. The molecule has 66 heavy (non-hydrogen) atoms. The summed E-state index contributed by atoms with van der Waals surface area (Å²) in [5, 5.41) is 9.92. The van der Waals surface area contributed by atoms with Crippen LogP contribution in [0.5, 0.6) is 5.75 Å². The molecule has 348 valence electrons. The molecule has 3 N–H and O–H groups in total. The Hall–Kier alpha value is -5.15. The number of piperidine rings is 2. The van der Waals surface area contributed by atoms with Gasteiger partial charge in [-0.15, -0.1) is 0 Å². The second-order valence-corrected chi connectivity index (χ2v) is 22.5. The van der Waals surface area contributed by atoms with Gasteiger partial charge in [-0.3, -0.25) is 29.8 Å². The lowest BCUT2D eigenvalue weighted by Crippen LogP contribution is -2.53. The lowest BCUT2D eigenvalue weighted by molar-refractivity contribution is -0.134. The molecule has 6 heterocycles. The normalized spacial score (nSPS) is 20.2. The predicted octanol–water partition coefficient (Wildman–Crippen LogP) is 7.51. The number of methoxy groups -OCH3 is 1. The minimum Gasteiger partial charge on any atom is -0.494 e. The number of rotatable bonds is 14. The topological polar surface area (TPSA) is 161 Å². The van der Waals surface area contributed by atoms with Gasteiger partial charge in [-0.1, -0.05) is 19.1 Å². The summed E-state index contributed by atoms with van der Waals surface area (Å²) in [5.74, 6) is 1.74. The maximum absolute atomic E-state index is 13.5. The Labute approximate surface area is 396 Å². The first kappa shape index (κ1) is 46.0. The summed E-state index contributed by atoms with van der Waals surface area (Å²) in [6.45, 7) is 15.5. The molecular weight excluding hydrogens is 917 g/mol. The van der Waals surface area contributed by atoms with Gasteiger partial charge in [0.2, 0.25) is 17.8 Å². The van der Waals surface area contributed by atoms with E-state index in [4.69, 9.17) is 9.72 Å². The van der Waals surface area contributed by atoms with Crippen LogP contribution in [0.2, 0.25) is 0 Å². The molecule has 2 amide bonds. The molecule has 0 bridgehead atoms. The molecule has 4 aliphatic rings. The average Bonchev–Trinajstić information content (AvgIpc) is 3.81. The molecule has 4 aliphatic heterocycles. The quantitative estimate of drug-likeness (QED) is 0.0741. The fourth-order valence-electron chi connectivity index (χ4n) is 10.3. The molecule has 0 spiro atoms. The lowest BCUT2D eigenvalue weighted by Gasteiger charge is -2.43. The zero-order valence-corrected chi connectivity index (χ0v) is 40.9. The van der Waals surface area contributed by atoms with E-state index in [1.54, 1.807) is 39.0 Å². The van der Waals surface area contributed by atoms with Crippen LogP contribution in [0.4, 0.5) is 34.5 Å². The van der Waals surface area contributed by atoms with Crippen molar-refractivity contribution in [3.05, 3.63) is 82.7 Å². The third kappa shape index (κ3) is 10.2. The number of halogens is 1. The van der Waals surface area contributed by atoms with Crippen LogP contribution in [0.1, 0.15) is 62.5 Å². The van der Waals surface area contributed by atoms with Crippen LogP contribution in [0.3, 0.4) is 0 Å².